The number of aryl methyl sites for hydroxylation is 1. The number of benzene rings is 2. The van der Waals surface area contributed by atoms with Crippen LogP contribution in [0, 0.1) is 0 Å². The van der Waals surface area contributed by atoms with Crippen molar-refractivity contribution in [2.75, 3.05) is 11.5 Å². The topological polar surface area (TPSA) is 90.6 Å². The zero-order valence-corrected chi connectivity index (χ0v) is 19.2. The Morgan fingerprint density at radius 1 is 1.06 bits per heavy atom. The van der Waals surface area contributed by atoms with E-state index in [1.807, 2.05) is 24.3 Å². The molecule has 2 heterocycles. The first-order valence-corrected chi connectivity index (χ1v) is 11.0. The zero-order chi connectivity index (χ0) is 23.7. The summed E-state index contributed by atoms with van der Waals surface area (Å²) < 4.78 is 7.29. The standard InChI is InChI=1S/C23H18ClN3O5S/c1-25-12-14(22(30)26(2)23(25)31)7-10-21(29)32-13-20(28)27-16-5-3-4-6-18(16)33-19-9-8-15(24)11-17(19)27/h3-12H,13H2,1-2H3/b10-7+. The Balaban J connectivity index is 1.53. The molecule has 0 bridgehead atoms. The number of amides is 1. The van der Waals surface area contributed by atoms with Crippen LogP contribution in [0.25, 0.3) is 6.08 Å². The minimum absolute atomic E-state index is 0.133. The maximum absolute atomic E-state index is 13.1. The Kier molecular flexibility index (Phi) is 6.26. The number of halogens is 1. The number of para-hydroxylation sites is 1. The van der Waals surface area contributed by atoms with E-state index in [2.05, 4.69) is 0 Å². The highest BCUT2D eigenvalue weighted by atomic mass is 35.5. The molecule has 3 aromatic rings. The van der Waals surface area contributed by atoms with E-state index in [4.69, 9.17) is 16.3 Å². The minimum Gasteiger partial charge on any atom is -0.452 e. The Hall–Kier alpha value is -3.56. The van der Waals surface area contributed by atoms with Gasteiger partial charge in [0.2, 0.25) is 0 Å². The molecule has 33 heavy (non-hydrogen) atoms. The molecule has 0 unspecified atom stereocenters. The van der Waals surface area contributed by atoms with Crippen molar-refractivity contribution in [3.8, 4) is 0 Å². The summed E-state index contributed by atoms with van der Waals surface area (Å²) in [6, 6.07) is 12.7. The third-order valence-electron chi connectivity index (χ3n) is 4.95. The van der Waals surface area contributed by atoms with E-state index in [0.717, 1.165) is 20.4 Å². The van der Waals surface area contributed by atoms with Gasteiger partial charge in [0.15, 0.2) is 6.61 Å². The molecule has 1 aliphatic heterocycles. The summed E-state index contributed by atoms with van der Waals surface area (Å²) in [7, 11) is 2.84. The van der Waals surface area contributed by atoms with E-state index >= 15 is 0 Å². The van der Waals surface area contributed by atoms with Gasteiger partial charge in [-0.2, -0.15) is 0 Å². The first-order valence-electron chi connectivity index (χ1n) is 9.77. The van der Waals surface area contributed by atoms with Gasteiger partial charge in [-0.15, -0.1) is 0 Å². The molecule has 0 saturated carbocycles. The second-order valence-corrected chi connectivity index (χ2v) is 8.71. The number of carbonyl (C=O) groups excluding carboxylic acids is 2. The first kappa shape index (κ1) is 22.6. The van der Waals surface area contributed by atoms with Crippen molar-refractivity contribution < 1.29 is 14.3 Å². The quantitative estimate of drug-likeness (QED) is 0.418. The number of fused-ring (bicyclic) bond motifs is 2. The van der Waals surface area contributed by atoms with E-state index in [1.54, 1.807) is 18.2 Å². The molecular weight excluding hydrogens is 466 g/mol. The lowest BCUT2D eigenvalue weighted by atomic mass is 10.2. The van der Waals surface area contributed by atoms with Crippen molar-refractivity contribution in [1.29, 1.82) is 0 Å². The SMILES string of the molecule is Cn1cc(/C=C/C(=O)OCC(=O)N2c3ccccc3Sc3ccc(Cl)cc32)c(=O)n(C)c1=O. The predicted molar refractivity (Wildman–Crippen MR) is 126 cm³/mol. The van der Waals surface area contributed by atoms with Gasteiger partial charge < -0.3 is 9.30 Å². The Bertz CT molecular complexity index is 1430. The van der Waals surface area contributed by atoms with Crippen molar-refractivity contribution >= 4 is 52.7 Å². The second-order valence-electron chi connectivity index (χ2n) is 7.19. The van der Waals surface area contributed by atoms with Crippen LogP contribution < -0.4 is 16.1 Å². The molecule has 0 N–H and O–H groups in total. The molecule has 0 radical (unpaired) electrons. The number of aromatic nitrogens is 2. The lowest BCUT2D eigenvalue weighted by Gasteiger charge is -2.31. The number of hydrogen-bond acceptors (Lipinski definition) is 6. The van der Waals surface area contributed by atoms with Crippen molar-refractivity contribution in [3.63, 3.8) is 0 Å². The molecule has 1 aliphatic rings. The van der Waals surface area contributed by atoms with Crippen LogP contribution in [0.5, 0.6) is 0 Å². The van der Waals surface area contributed by atoms with Gasteiger partial charge in [0.25, 0.3) is 11.5 Å². The number of hydrogen-bond donors (Lipinski definition) is 0. The van der Waals surface area contributed by atoms with Crippen LogP contribution in [-0.4, -0.2) is 27.6 Å². The van der Waals surface area contributed by atoms with Crippen LogP contribution in [0.1, 0.15) is 5.56 Å². The largest absolute Gasteiger partial charge is 0.452 e. The summed E-state index contributed by atoms with van der Waals surface area (Å²) in [5.74, 6) is -1.25. The highest BCUT2D eigenvalue weighted by Crippen LogP contribution is 2.48. The number of esters is 1. The third kappa shape index (κ3) is 4.50. The van der Waals surface area contributed by atoms with Gasteiger partial charge in [0, 0.05) is 41.2 Å². The number of anilines is 2. The molecule has 0 atom stereocenters. The highest BCUT2D eigenvalue weighted by molar-refractivity contribution is 7.99. The molecule has 8 nitrogen and oxygen atoms in total. The normalized spacial score (nSPS) is 12.4. The van der Waals surface area contributed by atoms with Gasteiger partial charge in [-0.1, -0.05) is 35.5 Å². The first-order chi connectivity index (χ1) is 15.8. The molecule has 0 saturated heterocycles. The lowest BCUT2D eigenvalue weighted by molar-refractivity contribution is -0.142. The van der Waals surface area contributed by atoms with Gasteiger partial charge in [0.05, 0.1) is 16.9 Å². The van der Waals surface area contributed by atoms with E-state index in [9.17, 15) is 19.2 Å². The number of nitrogens with zero attached hydrogens (tertiary/aromatic N) is 3. The summed E-state index contributed by atoms with van der Waals surface area (Å²) in [6.45, 7) is -0.514. The molecule has 10 heteroatoms. The number of rotatable bonds is 4. The molecule has 1 aromatic heterocycles. The molecule has 0 aliphatic carbocycles. The van der Waals surface area contributed by atoms with Gasteiger partial charge in [0.1, 0.15) is 0 Å². The highest BCUT2D eigenvalue weighted by Gasteiger charge is 2.28. The third-order valence-corrected chi connectivity index (χ3v) is 6.31. The van der Waals surface area contributed by atoms with Gasteiger partial charge in [-0.25, -0.2) is 9.59 Å². The number of carbonyl (C=O) groups is 2. The predicted octanol–water partition coefficient (Wildman–Crippen LogP) is 3.12. The molecular formula is C23H18ClN3O5S. The van der Waals surface area contributed by atoms with E-state index in [0.29, 0.717) is 16.4 Å². The van der Waals surface area contributed by atoms with Crippen molar-refractivity contribution in [1.82, 2.24) is 9.13 Å². The second kappa shape index (κ2) is 9.13. The fourth-order valence-electron chi connectivity index (χ4n) is 3.35. The van der Waals surface area contributed by atoms with Crippen molar-refractivity contribution in [2.24, 2.45) is 14.1 Å². The molecule has 168 valence electrons. The fourth-order valence-corrected chi connectivity index (χ4v) is 4.56. The number of ether oxygens (including phenoxy) is 1. The summed E-state index contributed by atoms with van der Waals surface area (Å²) >= 11 is 7.68. The van der Waals surface area contributed by atoms with E-state index < -0.39 is 29.7 Å². The smallest absolute Gasteiger partial charge is 0.331 e. The van der Waals surface area contributed by atoms with Crippen molar-refractivity contribution in [2.45, 2.75) is 9.79 Å². The van der Waals surface area contributed by atoms with Crippen LogP contribution in [0.15, 0.2) is 74.1 Å². The summed E-state index contributed by atoms with van der Waals surface area (Å²) in [5.41, 5.74) is 0.382. The molecule has 2 aromatic carbocycles. The van der Waals surface area contributed by atoms with E-state index in [-0.39, 0.29) is 5.56 Å². The minimum atomic E-state index is -0.801. The average Bonchev–Trinajstić information content (AvgIpc) is 2.81. The van der Waals surface area contributed by atoms with Crippen LogP contribution >= 0.6 is 23.4 Å². The monoisotopic (exact) mass is 483 g/mol. The van der Waals surface area contributed by atoms with Crippen LogP contribution in [0.3, 0.4) is 0 Å². The Morgan fingerprint density at radius 2 is 1.79 bits per heavy atom. The van der Waals surface area contributed by atoms with Gasteiger partial charge >= 0.3 is 11.7 Å². The van der Waals surface area contributed by atoms with Crippen molar-refractivity contribution in [3.05, 3.63) is 86.2 Å². The summed E-state index contributed by atoms with van der Waals surface area (Å²) in [4.78, 5) is 52.4. The average molecular weight is 484 g/mol. The zero-order valence-electron chi connectivity index (χ0n) is 17.6. The summed E-state index contributed by atoms with van der Waals surface area (Å²) in [6.07, 6.45) is 3.61. The molecule has 0 fully saturated rings. The molecule has 1 amide bonds. The molecule has 0 spiro atoms. The van der Waals surface area contributed by atoms with Crippen LogP contribution in [-0.2, 0) is 28.4 Å². The Labute approximate surface area is 197 Å². The van der Waals surface area contributed by atoms with Crippen LogP contribution in [0.4, 0.5) is 11.4 Å². The Morgan fingerprint density at radius 3 is 2.58 bits per heavy atom. The van der Waals surface area contributed by atoms with Crippen LogP contribution in [0.2, 0.25) is 5.02 Å². The fraction of sp³-hybridized carbons (Fsp3) is 0.130. The summed E-state index contributed by atoms with van der Waals surface area (Å²) in [5, 5.41) is 0.477. The van der Waals surface area contributed by atoms with Gasteiger partial charge in [-0.05, 0) is 36.4 Å². The maximum atomic E-state index is 13.1. The maximum Gasteiger partial charge on any atom is 0.331 e. The molecule has 4 rings (SSSR count). The van der Waals surface area contributed by atoms with Gasteiger partial charge in [-0.3, -0.25) is 19.1 Å². The van der Waals surface area contributed by atoms with E-state index in [1.165, 1.54) is 47.6 Å². The lowest BCUT2D eigenvalue weighted by Crippen LogP contribution is -2.37.